The predicted octanol–water partition coefficient (Wildman–Crippen LogP) is 3.09. The average molecular weight is 215 g/mol. The first-order chi connectivity index (χ1) is 7.66. The van der Waals surface area contributed by atoms with Crippen LogP contribution in [0.4, 0.5) is 5.69 Å². The van der Waals surface area contributed by atoms with Crippen LogP contribution in [0, 0.1) is 5.92 Å². The zero-order valence-electron chi connectivity index (χ0n) is 9.94. The molecule has 0 aliphatic rings. The normalized spacial score (nSPS) is 13.0. The Morgan fingerprint density at radius 2 is 1.69 bits per heavy atom. The summed E-state index contributed by atoms with van der Waals surface area (Å²) in [5, 5.41) is 3.47. The van der Waals surface area contributed by atoms with Crippen molar-refractivity contribution in [1.82, 2.24) is 9.97 Å². The van der Waals surface area contributed by atoms with Gasteiger partial charge in [-0.05, 0) is 31.0 Å². The molecular formula is C13H17N3. The Morgan fingerprint density at radius 1 is 1.00 bits per heavy atom. The van der Waals surface area contributed by atoms with Crippen molar-refractivity contribution in [1.29, 1.82) is 0 Å². The predicted molar refractivity (Wildman–Crippen MR) is 67.5 cm³/mol. The maximum atomic E-state index is 4.29. The van der Waals surface area contributed by atoms with Crippen LogP contribution < -0.4 is 5.32 Å². The van der Waals surface area contributed by atoms with Gasteiger partial charge in [0.1, 0.15) is 0 Å². The molecule has 0 amide bonds. The van der Waals surface area contributed by atoms with Gasteiger partial charge in [-0.1, -0.05) is 13.8 Å². The lowest BCUT2D eigenvalue weighted by atomic mass is 10.1. The molecule has 1 heterocycles. The van der Waals surface area contributed by atoms with Crippen molar-refractivity contribution in [3.63, 3.8) is 0 Å². The summed E-state index contributed by atoms with van der Waals surface area (Å²) < 4.78 is 0. The SMILES string of the molecule is CC(C)C(C)Nc1ccc2nccnc2c1. The lowest BCUT2D eigenvalue weighted by molar-refractivity contribution is 0.560. The van der Waals surface area contributed by atoms with Crippen LogP contribution >= 0.6 is 0 Å². The summed E-state index contributed by atoms with van der Waals surface area (Å²) in [6.07, 6.45) is 3.43. The van der Waals surface area contributed by atoms with Gasteiger partial charge in [0.05, 0.1) is 11.0 Å². The van der Waals surface area contributed by atoms with E-state index in [4.69, 9.17) is 0 Å². The zero-order chi connectivity index (χ0) is 11.5. The Kier molecular flexibility index (Phi) is 3.04. The maximum absolute atomic E-state index is 4.29. The largest absolute Gasteiger partial charge is 0.382 e. The standard InChI is InChI=1S/C13H17N3/c1-9(2)10(3)16-11-4-5-12-13(8-11)15-7-6-14-12/h4-10,16H,1-3H3. The van der Waals surface area contributed by atoms with Crippen molar-refractivity contribution in [3.8, 4) is 0 Å². The van der Waals surface area contributed by atoms with Gasteiger partial charge in [-0.25, -0.2) is 0 Å². The molecule has 3 nitrogen and oxygen atoms in total. The number of anilines is 1. The van der Waals surface area contributed by atoms with E-state index in [1.165, 1.54) is 0 Å². The molecule has 1 aromatic carbocycles. The van der Waals surface area contributed by atoms with E-state index >= 15 is 0 Å². The second-order valence-corrected chi connectivity index (χ2v) is 4.44. The molecule has 84 valence electrons. The van der Waals surface area contributed by atoms with E-state index in [-0.39, 0.29) is 0 Å². The van der Waals surface area contributed by atoms with E-state index in [1.54, 1.807) is 12.4 Å². The first-order valence-corrected chi connectivity index (χ1v) is 5.64. The van der Waals surface area contributed by atoms with E-state index in [0.29, 0.717) is 12.0 Å². The number of nitrogens with one attached hydrogen (secondary N) is 1. The molecular weight excluding hydrogens is 198 g/mol. The molecule has 16 heavy (non-hydrogen) atoms. The smallest absolute Gasteiger partial charge is 0.0907 e. The quantitative estimate of drug-likeness (QED) is 0.855. The molecule has 1 unspecified atom stereocenters. The van der Waals surface area contributed by atoms with Gasteiger partial charge < -0.3 is 5.32 Å². The summed E-state index contributed by atoms with van der Waals surface area (Å²) in [4.78, 5) is 8.54. The number of aromatic nitrogens is 2. The molecule has 1 aromatic heterocycles. The van der Waals surface area contributed by atoms with Crippen LogP contribution in [0.25, 0.3) is 11.0 Å². The van der Waals surface area contributed by atoms with Crippen molar-refractivity contribution < 1.29 is 0 Å². The molecule has 1 atom stereocenters. The van der Waals surface area contributed by atoms with Crippen molar-refractivity contribution in [3.05, 3.63) is 30.6 Å². The first-order valence-electron chi connectivity index (χ1n) is 5.64. The Labute approximate surface area is 95.9 Å². The van der Waals surface area contributed by atoms with Gasteiger partial charge in [-0.2, -0.15) is 0 Å². The fraction of sp³-hybridized carbons (Fsp3) is 0.385. The maximum Gasteiger partial charge on any atom is 0.0907 e. The highest BCUT2D eigenvalue weighted by Crippen LogP contribution is 2.17. The highest BCUT2D eigenvalue weighted by molar-refractivity contribution is 5.78. The number of fused-ring (bicyclic) bond motifs is 1. The van der Waals surface area contributed by atoms with E-state index in [9.17, 15) is 0 Å². The van der Waals surface area contributed by atoms with Crippen LogP contribution in [0.3, 0.4) is 0 Å². The number of hydrogen-bond acceptors (Lipinski definition) is 3. The third-order valence-corrected chi connectivity index (χ3v) is 2.86. The fourth-order valence-electron chi connectivity index (χ4n) is 1.48. The molecule has 0 saturated heterocycles. The second-order valence-electron chi connectivity index (χ2n) is 4.44. The van der Waals surface area contributed by atoms with Gasteiger partial charge in [0.2, 0.25) is 0 Å². The number of rotatable bonds is 3. The molecule has 2 rings (SSSR count). The lowest BCUT2D eigenvalue weighted by Gasteiger charge is -2.18. The van der Waals surface area contributed by atoms with E-state index < -0.39 is 0 Å². The van der Waals surface area contributed by atoms with Gasteiger partial charge in [0.15, 0.2) is 0 Å². The topological polar surface area (TPSA) is 37.8 Å². The summed E-state index contributed by atoms with van der Waals surface area (Å²) in [5.41, 5.74) is 2.97. The highest BCUT2D eigenvalue weighted by Gasteiger charge is 2.06. The summed E-state index contributed by atoms with van der Waals surface area (Å²) in [5.74, 6) is 0.609. The Hall–Kier alpha value is -1.64. The van der Waals surface area contributed by atoms with Crippen LogP contribution in [-0.2, 0) is 0 Å². The van der Waals surface area contributed by atoms with E-state index in [2.05, 4.69) is 42.1 Å². The van der Waals surface area contributed by atoms with Crippen molar-refractivity contribution in [2.24, 2.45) is 5.92 Å². The summed E-state index contributed by atoms with van der Waals surface area (Å²) in [6.45, 7) is 6.60. The minimum Gasteiger partial charge on any atom is -0.382 e. The highest BCUT2D eigenvalue weighted by atomic mass is 14.9. The van der Waals surface area contributed by atoms with Gasteiger partial charge in [-0.15, -0.1) is 0 Å². The van der Waals surface area contributed by atoms with Gasteiger partial charge in [-0.3, -0.25) is 9.97 Å². The van der Waals surface area contributed by atoms with Crippen molar-refractivity contribution >= 4 is 16.7 Å². The number of hydrogen-bond donors (Lipinski definition) is 1. The molecule has 0 saturated carbocycles. The van der Waals surface area contributed by atoms with E-state index in [1.807, 2.05) is 12.1 Å². The van der Waals surface area contributed by atoms with Crippen LogP contribution in [0.5, 0.6) is 0 Å². The molecule has 0 spiro atoms. The minimum atomic E-state index is 0.453. The van der Waals surface area contributed by atoms with Gasteiger partial charge >= 0.3 is 0 Å². The first kappa shape index (κ1) is 10.9. The fourth-order valence-corrected chi connectivity index (χ4v) is 1.48. The third-order valence-electron chi connectivity index (χ3n) is 2.86. The zero-order valence-corrected chi connectivity index (χ0v) is 9.94. The van der Waals surface area contributed by atoms with Crippen LogP contribution in [0.15, 0.2) is 30.6 Å². The number of nitrogens with zero attached hydrogens (tertiary/aromatic N) is 2. The molecule has 0 bridgehead atoms. The molecule has 0 radical (unpaired) electrons. The molecule has 2 aromatic rings. The Balaban J connectivity index is 2.26. The summed E-state index contributed by atoms with van der Waals surface area (Å²) >= 11 is 0. The molecule has 3 heteroatoms. The van der Waals surface area contributed by atoms with Gasteiger partial charge in [0, 0.05) is 24.1 Å². The van der Waals surface area contributed by atoms with Gasteiger partial charge in [0.25, 0.3) is 0 Å². The molecule has 0 fully saturated rings. The summed E-state index contributed by atoms with van der Waals surface area (Å²) in [6, 6.07) is 6.54. The van der Waals surface area contributed by atoms with Crippen molar-refractivity contribution in [2.75, 3.05) is 5.32 Å². The minimum absolute atomic E-state index is 0.453. The van der Waals surface area contributed by atoms with Crippen molar-refractivity contribution in [2.45, 2.75) is 26.8 Å². The third kappa shape index (κ3) is 2.30. The molecule has 0 aliphatic carbocycles. The van der Waals surface area contributed by atoms with E-state index in [0.717, 1.165) is 16.7 Å². The lowest BCUT2D eigenvalue weighted by Crippen LogP contribution is -2.21. The summed E-state index contributed by atoms with van der Waals surface area (Å²) in [7, 11) is 0. The van der Waals surface area contributed by atoms with Crippen LogP contribution in [-0.4, -0.2) is 16.0 Å². The van der Waals surface area contributed by atoms with Crippen LogP contribution in [0.2, 0.25) is 0 Å². The monoisotopic (exact) mass is 215 g/mol. The number of benzene rings is 1. The molecule has 1 N–H and O–H groups in total. The molecule has 0 aliphatic heterocycles. The van der Waals surface area contributed by atoms with Crippen LogP contribution in [0.1, 0.15) is 20.8 Å². The average Bonchev–Trinajstić information content (AvgIpc) is 2.28. The second kappa shape index (κ2) is 4.47. The Morgan fingerprint density at radius 3 is 2.38 bits per heavy atom. The Bertz CT molecular complexity index is 479.